The minimum Gasteiger partial charge on any atom is -0.379 e. The molecule has 18 heavy (non-hydrogen) atoms. The van der Waals surface area contributed by atoms with Gasteiger partial charge in [-0.25, -0.2) is 13.1 Å². The van der Waals surface area contributed by atoms with Crippen LogP contribution in [0.2, 0.25) is 0 Å². The summed E-state index contributed by atoms with van der Waals surface area (Å²) >= 11 is 0. The van der Waals surface area contributed by atoms with Crippen LogP contribution in [-0.4, -0.2) is 27.2 Å². The molecule has 1 heterocycles. The van der Waals surface area contributed by atoms with Gasteiger partial charge in [-0.1, -0.05) is 12.1 Å². The van der Waals surface area contributed by atoms with Gasteiger partial charge in [0.2, 0.25) is 10.0 Å². The fourth-order valence-electron chi connectivity index (χ4n) is 1.95. The highest BCUT2D eigenvalue weighted by atomic mass is 32.2. The van der Waals surface area contributed by atoms with E-state index in [0.717, 1.165) is 0 Å². The van der Waals surface area contributed by atoms with Crippen LogP contribution >= 0.6 is 0 Å². The van der Waals surface area contributed by atoms with Gasteiger partial charge in [-0.3, -0.25) is 5.84 Å². The SMILES string of the molecule is CC1(NS(=O)(=O)c2ccccc2NN)CCOC1. The summed E-state index contributed by atoms with van der Waals surface area (Å²) in [5.74, 6) is 5.32. The second-order valence-corrected chi connectivity index (χ2v) is 6.26. The van der Waals surface area contributed by atoms with Gasteiger partial charge in [0, 0.05) is 6.61 Å². The molecule has 1 atom stereocenters. The van der Waals surface area contributed by atoms with Gasteiger partial charge in [0.15, 0.2) is 0 Å². The second-order valence-electron chi connectivity index (χ2n) is 4.61. The molecule has 4 N–H and O–H groups in total. The van der Waals surface area contributed by atoms with Crippen LogP contribution in [0, 0.1) is 0 Å². The minimum absolute atomic E-state index is 0.139. The number of sulfonamides is 1. The van der Waals surface area contributed by atoms with E-state index in [0.29, 0.717) is 25.3 Å². The van der Waals surface area contributed by atoms with E-state index >= 15 is 0 Å². The highest BCUT2D eigenvalue weighted by molar-refractivity contribution is 7.89. The molecule has 0 amide bonds. The summed E-state index contributed by atoms with van der Waals surface area (Å²) in [5, 5.41) is 0. The summed E-state index contributed by atoms with van der Waals surface area (Å²) < 4.78 is 32.5. The maximum Gasteiger partial charge on any atom is 0.243 e. The number of nitrogens with two attached hydrogens (primary N) is 1. The lowest BCUT2D eigenvalue weighted by molar-refractivity contribution is 0.178. The number of nitrogen functional groups attached to an aromatic ring is 1. The van der Waals surface area contributed by atoms with Gasteiger partial charge in [0.05, 0.1) is 17.8 Å². The summed E-state index contributed by atoms with van der Waals surface area (Å²) in [6.07, 6.45) is 0.657. The number of hydrogen-bond donors (Lipinski definition) is 3. The number of ether oxygens (including phenoxy) is 1. The fraction of sp³-hybridized carbons (Fsp3) is 0.455. The van der Waals surface area contributed by atoms with Crippen LogP contribution in [0.5, 0.6) is 0 Å². The lowest BCUT2D eigenvalue weighted by Crippen LogP contribution is -2.46. The van der Waals surface area contributed by atoms with Crippen molar-refractivity contribution < 1.29 is 13.2 Å². The number of hydrogen-bond acceptors (Lipinski definition) is 5. The van der Waals surface area contributed by atoms with E-state index in [9.17, 15) is 8.42 Å². The van der Waals surface area contributed by atoms with Gasteiger partial charge < -0.3 is 10.2 Å². The molecule has 1 saturated heterocycles. The predicted molar refractivity (Wildman–Crippen MR) is 68.4 cm³/mol. The Balaban J connectivity index is 2.30. The Morgan fingerprint density at radius 3 is 2.72 bits per heavy atom. The third-order valence-corrected chi connectivity index (χ3v) is 4.63. The van der Waals surface area contributed by atoms with Crippen LogP contribution in [0.1, 0.15) is 13.3 Å². The predicted octanol–water partition coefficient (Wildman–Crippen LogP) is 0.429. The van der Waals surface area contributed by atoms with Crippen LogP contribution in [0.25, 0.3) is 0 Å². The summed E-state index contributed by atoms with van der Waals surface area (Å²) in [4.78, 5) is 0.139. The van der Waals surface area contributed by atoms with Gasteiger partial charge in [-0.2, -0.15) is 0 Å². The van der Waals surface area contributed by atoms with E-state index in [1.54, 1.807) is 18.2 Å². The van der Waals surface area contributed by atoms with Crippen LogP contribution in [-0.2, 0) is 14.8 Å². The van der Waals surface area contributed by atoms with E-state index in [1.807, 2.05) is 6.92 Å². The highest BCUT2D eigenvalue weighted by Gasteiger charge is 2.35. The summed E-state index contributed by atoms with van der Waals surface area (Å²) in [6, 6.07) is 6.50. The van der Waals surface area contributed by atoms with E-state index in [-0.39, 0.29) is 4.90 Å². The van der Waals surface area contributed by atoms with Crippen molar-refractivity contribution in [3.05, 3.63) is 24.3 Å². The smallest absolute Gasteiger partial charge is 0.243 e. The molecule has 1 aromatic carbocycles. The summed E-state index contributed by atoms with van der Waals surface area (Å²) in [7, 11) is -3.62. The Morgan fingerprint density at radius 2 is 2.11 bits per heavy atom. The zero-order valence-corrected chi connectivity index (χ0v) is 11.0. The lowest BCUT2D eigenvalue weighted by Gasteiger charge is -2.23. The zero-order valence-electron chi connectivity index (χ0n) is 10.1. The van der Waals surface area contributed by atoms with Gasteiger partial charge >= 0.3 is 0 Å². The first-order valence-electron chi connectivity index (χ1n) is 5.64. The van der Waals surface area contributed by atoms with Crippen molar-refractivity contribution in [3.8, 4) is 0 Å². The fourth-order valence-corrected chi connectivity index (χ4v) is 3.54. The molecule has 0 aromatic heterocycles. The van der Waals surface area contributed by atoms with E-state index < -0.39 is 15.6 Å². The molecule has 7 heteroatoms. The van der Waals surface area contributed by atoms with Crippen LogP contribution < -0.4 is 16.0 Å². The van der Waals surface area contributed by atoms with Crippen molar-refractivity contribution in [2.75, 3.05) is 18.6 Å². The molecule has 0 bridgehead atoms. The van der Waals surface area contributed by atoms with Gasteiger partial charge in [-0.05, 0) is 25.5 Å². The third kappa shape index (κ3) is 2.64. The Bertz CT molecular complexity index is 524. The van der Waals surface area contributed by atoms with Gasteiger partial charge in [0.25, 0.3) is 0 Å². The maximum absolute atomic E-state index is 12.3. The van der Waals surface area contributed by atoms with Crippen molar-refractivity contribution >= 4 is 15.7 Å². The van der Waals surface area contributed by atoms with Crippen molar-refractivity contribution in [1.82, 2.24) is 4.72 Å². The molecule has 0 spiro atoms. The maximum atomic E-state index is 12.3. The molecule has 0 radical (unpaired) electrons. The third-order valence-electron chi connectivity index (χ3n) is 2.93. The van der Waals surface area contributed by atoms with Gasteiger partial charge in [-0.15, -0.1) is 0 Å². The van der Waals surface area contributed by atoms with Crippen LogP contribution in [0.4, 0.5) is 5.69 Å². The first-order chi connectivity index (χ1) is 8.47. The monoisotopic (exact) mass is 271 g/mol. The standard InChI is InChI=1S/C11H17N3O3S/c1-11(6-7-17-8-11)14-18(15,16)10-5-3-2-4-9(10)13-12/h2-5,13-14H,6-8,12H2,1H3. The lowest BCUT2D eigenvalue weighted by atomic mass is 10.0. The van der Waals surface area contributed by atoms with Crippen LogP contribution in [0.15, 0.2) is 29.2 Å². The summed E-state index contributed by atoms with van der Waals surface area (Å²) in [6.45, 7) is 2.77. The number of anilines is 1. The first kappa shape index (κ1) is 13.3. The van der Waals surface area contributed by atoms with Gasteiger partial charge in [0.1, 0.15) is 4.90 Å². The highest BCUT2D eigenvalue weighted by Crippen LogP contribution is 2.24. The second kappa shape index (κ2) is 4.85. The number of nitrogens with one attached hydrogen (secondary N) is 2. The summed E-state index contributed by atoms with van der Waals surface area (Å²) in [5.41, 5.74) is 2.20. The van der Waals surface area contributed by atoms with E-state index in [1.165, 1.54) is 6.07 Å². The molecular formula is C11H17N3O3S. The Hall–Kier alpha value is -1.15. The Labute approximate surface area is 107 Å². The average Bonchev–Trinajstić information content (AvgIpc) is 2.74. The molecule has 2 rings (SSSR count). The van der Waals surface area contributed by atoms with Crippen molar-refractivity contribution in [2.24, 2.45) is 5.84 Å². The largest absolute Gasteiger partial charge is 0.379 e. The molecule has 1 aliphatic heterocycles. The van der Waals surface area contributed by atoms with E-state index in [4.69, 9.17) is 10.6 Å². The first-order valence-corrected chi connectivity index (χ1v) is 7.13. The topological polar surface area (TPSA) is 93.5 Å². The van der Waals surface area contributed by atoms with E-state index in [2.05, 4.69) is 10.1 Å². The molecule has 1 unspecified atom stereocenters. The Morgan fingerprint density at radius 1 is 1.39 bits per heavy atom. The molecule has 100 valence electrons. The number of hydrazine groups is 1. The number of benzene rings is 1. The average molecular weight is 271 g/mol. The zero-order chi connectivity index (χ0) is 13.2. The molecular weight excluding hydrogens is 254 g/mol. The quantitative estimate of drug-likeness (QED) is 0.545. The van der Waals surface area contributed by atoms with Crippen molar-refractivity contribution in [2.45, 2.75) is 23.8 Å². The molecule has 1 aromatic rings. The molecule has 6 nitrogen and oxygen atoms in total. The minimum atomic E-state index is -3.62. The molecule has 1 fully saturated rings. The Kier molecular flexibility index (Phi) is 3.58. The number of para-hydroxylation sites is 1. The molecule has 1 aliphatic rings. The number of rotatable bonds is 4. The molecule has 0 aliphatic carbocycles. The molecule has 0 saturated carbocycles. The van der Waals surface area contributed by atoms with Crippen molar-refractivity contribution in [3.63, 3.8) is 0 Å². The normalized spacial score (nSPS) is 24.1. The van der Waals surface area contributed by atoms with Crippen LogP contribution in [0.3, 0.4) is 0 Å². The van der Waals surface area contributed by atoms with Crippen molar-refractivity contribution in [1.29, 1.82) is 0 Å².